The fourth-order valence-corrected chi connectivity index (χ4v) is 1.47. The molecule has 0 aromatic heterocycles. The van der Waals surface area contributed by atoms with Gasteiger partial charge in [-0.3, -0.25) is 0 Å². The molecule has 0 saturated carbocycles. The van der Waals surface area contributed by atoms with E-state index in [1.54, 1.807) is 12.1 Å². The number of alkyl halides is 4. The molecule has 1 rings (SSSR count). The number of hydrogen-bond donors (Lipinski definition) is 0. The van der Waals surface area contributed by atoms with Crippen molar-refractivity contribution in [1.29, 1.82) is 0 Å². The van der Waals surface area contributed by atoms with Crippen LogP contribution in [0.3, 0.4) is 0 Å². The van der Waals surface area contributed by atoms with Gasteiger partial charge in [-0.05, 0) is 24.5 Å². The van der Waals surface area contributed by atoms with Gasteiger partial charge in [0, 0.05) is 5.33 Å². The summed E-state index contributed by atoms with van der Waals surface area (Å²) in [6.45, 7) is 0. The Morgan fingerprint density at radius 2 is 1.87 bits per heavy atom. The second-order valence-corrected chi connectivity index (χ2v) is 3.74. The Labute approximate surface area is 94.4 Å². The molecule has 0 amide bonds. The van der Waals surface area contributed by atoms with Crippen LogP contribution >= 0.6 is 15.9 Å². The quantitative estimate of drug-likeness (QED) is 0.761. The average molecular weight is 283 g/mol. The van der Waals surface area contributed by atoms with Gasteiger partial charge in [0.2, 0.25) is 0 Å². The lowest BCUT2D eigenvalue weighted by molar-refractivity contribution is -0.274. The van der Waals surface area contributed by atoms with Gasteiger partial charge in [-0.1, -0.05) is 34.1 Å². The minimum Gasteiger partial charge on any atom is -0.406 e. The van der Waals surface area contributed by atoms with E-state index in [-0.39, 0.29) is 5.75 Å². The van der Waals surface area contributed by atoms with Crippen molar-refractivity contribution >= 4 is 15.9 Å². The predicted octanol–water partition coefficient (Wildman–Crippen LogP) is 3.91. The Kier molecular flexibility index (Phi) is 4.45. The molecule has 0 aliphatic rings. The molecule has 0 heterocycles. The van der Waals surface area contributed by atoms with Gasteiger partial charge in [-0.15, -0.1) is 13.2 Å². The van der Waals surface area contributed by atoms with Crippen LogP contribution in [0.5, 0.6) is 5.75 Å². The molecule has 1 aromatic carbocycles. The highest BCUT2D eigenvalue weighted by atomic mass is 79.9. The third-order valence-corrected chi connectivity index (χ3v) is 2.34. The van der Waals surface area contributed by atoms with E-state index in [2.05, 4.69) is 20.7 Å². The number of halogens is 4. The summed E-state index contributed by atoms with van der Waals surface area (Å²) >= 11 is 3.23. The third-order valence-electron chi connectivity index (χ3n) is 1.78. The van der Waals surface area contributed by atoms with Crippen LogP contribution in [0.25, 0.3) is 0 Å². The van der Waals surface area contributed by atoms with E-state index in [1.807, 2.05) is 0 Å². The van der Waals surface area contributed by atoms with Crippen LogP contribution in [-0.4, -0.2) is 11.7 Å². The van der Waals surface area contributed by atoms with Crippen molar-refractivity contribution in [3.63, 3.8) is 0 Å². The molecule has 0 spiro atoms. The first-order valence-corrected chi connectivity index (χ1v) is 5.54. The molecule has 5 heteroatoms. The lowest BCUT2D eigenvalue weighted by Crippen LogP contribution is -2.18. The van der Waals surface area contributed by atoms with Gasteiger partial charge in [-0.2, -0.15) is 0 Å². The summed E-state index contributed by atoms with van der Waals surface area (Å²) in [4.78, 5) is 0. The van der Waals surface area contributed by atoms with Crippen molar-refractivity contribution in [1.82, 2.24) is 0 Å². The van der Waals surface area contributed by atoms with Crippen molar-refractivity contribution < 1.29 is 17.9 Å². The molecule has 0 aliphatic carbocycles. The lowest BCUT2D eigenvalue weighted by atomic mass is 10.1. The van der Waals surface area contributed by atoms with Crippen molar-refractivity contribution in [2.45, 2.75) is 19.2 Å². The Balaban J connectivity index is 2.77. The van der Waals surface area contributed by atoms with Crippen LogP contribution in [0, 0.1) is 0 Å². The molecule has 0 fully saturated rings. The van der Waals surface area contributed by atoms with Crippen molar-refractivity contribution in [3.05, 3.63) is 29.8 Å². The number of aryl methyl sites for hydroxylation is 1. The zero-order valence-corrected chi connectivity index (χ0v) is 9.44. The van der Waals surface area contributed by atoms with E-state index in [0.29, 0.717) is 12.0 Å². The minimum absolute atomic E-state index is 0.106. The molecule has 0 radical (unpaired) electrons. The number of para-hydroxylation sites is 1. The first kappa shape index (κ1) is 12.4. The summed E-state index contributed by atoms with van der Waals surface area (Å²) in [5.74, 6) is -0.106. The molecule has 1 aromatic rings. The highest BCUT2D eigenvalue weighted by molar-refractivity contribution is 9.09. The molecule has 0 aliphatic heterocycles. The van der Waals surface area contributed by atoms with Gasteiger partial charge < -0.3 is 4.74 Å². The van der Waals surface area contributed by atoms with Crippen LogP contribution in [0.1, 0.15) is 12.0 Å². The maximum atomic E-state index is 12.0. The van der Waals surface area contributed by atoms with Crippen LogP contribution in [0.4, 0.5) is 13.2 Å². The van der Waals surface area contributed by atoms with E-state index in [0.717, 1.165) is 11.8 Å². The highest BCUT2D eigenvalue weighted by Gasteiger charge is 2.31. The molecule has 0 unspecified atom stereocenters. The van der Waals surface area contributed by atoms with Crippen LogP contribution in [0.15, 0.2) is 24.3 Å². The summed E-state index contributed by atoms with van der Waals surface area (Å²) in [5, 5.41) is 0.757. The van der Waals surface area contributed by atoms with Crippen molar-refractivity contribution in [3.8, 4) is 5.75 Å². The molecule has 1 nitrogen and oxygen atoms in total. The average Bonchev–Trinajstić information content (AvgIpc) is 2.14. The first-order chi connectivity index (χ1) is 7.03. The van der Waals surface area contributed by atoms with E-state index >= 15 is 0 Å². The van der Waals surface area contributed by atoms with Crippen molar-refractivity contribution in [2.75, 3.05) is 5.33 Å². The maximum Gasteiger partial charge on any atom is 0.573 e. The Morgan fingerprint density at radius 1 is 1.20 bits per heavy atom. The Hall–Kier alpha value is -0.710. The molecule has 0 bridgehead atoms. The molecule has 84 valence electrons. The van der Waals surface area contributed by atoms with Gasteiger partial charge in [0.05, 0.1) is 0 Å². The first-order valence-electron chi connectivity index (χ1n) is 4.42. The predicted molar refractivity (Wildman–Crippen MR) is 55.2 cm³/mol. The normalized spacial score (nSPS) is 11.5. The topological polar surface area (TPSA) is 9.23 Å². The maximum absolute atomic E-state index is 12.0. The fraction of sp³-hybridized carbons (Fsp3) is 0.400. The summed E-state index contributed by atoms with van der Waals surface area (Å²) in [6.07, 6.45) is -3.28. The summed E-state index contributed by atoms with van der Waals surface area (Å²) < 4.78 is 40.0. The van der Waals surface area contributed by atoms with E-state index in [4.69, 9.17) is 0 Å². The lowest BCUT2D eigenvalue weighted by Gasteiger charge is -2.12. The monoisotopic (exact) mass is 282 g/mol. The van der Waals surface area contributed by atoms with Gasteiger partial charge in [-0.25, -0.2) is 0 Å². The smallest absolute Gasteiger partial charge is 0.406 e. The van der Waals surface area contributed by atoms with Gasteiger partial charge in [0.25, 0.3) is 0 Å². The number of ether oxygens (including phenoxy) is 1. The number of rotatable bonds is 4. The van der Waals surface area contributed by atoms with Gasteiger partial charge >= 0.3 is 6.36 Å². The van der Waals surface area contributed by atoms with Gasteiger partial charge in [0.1, 0.15) is 5.75 Å². The summed E-state index contributed by atoms with van der Waals surface area (Å²) in [5.41, 5.74) is 0.578. The van der Waals surface area contributed by atoms with E-state index < -0.39 is 6.36 Å². The SMILES string of the molecule is FC(F)(F)Oc1ccccc1CCCBr. The third kappa shape index (κ3) is 4.55. The minimum atomic E-state index is -4.62. The zero-order valence-electron chi connectivity index (χ0n) is 7.85. The Bertz CT molecular complexity index is 312. The molecule has 0 N–H and O–H groups in total. The summed E-state index contributed by atoms with van der Waals surface area (Å²) in [7, 11) is 0. The largest absolute Gasteiger partial charge is 0.573 e. The summed E-state index contributed by atoms with van der Waals surface area (Å²) in [6, 6.07) is 6.20. The number of hydrogen-bond acceptors (Lipinski definition) is 1. The van der Waals surface area contributed by atoms with Gasteiger partial charge in [0.15, 0.2) is 0 Å². The Morgan fingerprint density at radius 3 is 2.47 bits per heavy atom. The highest BCUT2D eigenvalue weighted by Crippen LogP contribution is 2.26. The molecular weight excluding hydrogens is 273 g/mol. The van der Waals surface area contributed by atoms with Crippen LogP contribution in [0.2, 0.25) is 0 Å². The second-order valence-electron chi connectivity index (χ2n) is 2.95. The molecule has 0 saturated heterocycles. The second kappa shape index (κ2) is 5.39. The van der Waals surface area contributed by atoms with E-state index in [9.17, 15) is 13.2 Å². The number of benzene rings is 1. The fourth-order valence-electron chi connectivity index (χ4n) is 1.19. The standard InChI is InChI=1S/C10H10BrF3O/c11-7-3-5-8-4-1-2-6-9(8)15-10(12,13)14/h1-2,4,6H,3,5,7H2. The molecular formula is C10H10BrF3O. The molecule has 15 heavy (non-hydrogen) atoms. The van der Waals surface area contributed by atoms with E-state index in [1.165, 1.54) is 12.1 Å². The van der Waals surface area contributed by atoms with Crippen LogP contribution < -0.4 is 4.74 Å². The van der Waals surface area contributed by atoms with Crippen LogP contribution in [-0.2, 0) is 6.42 Å². The zero-order chi connectivity index (χ0) is 11.3. The van der Waals surface area contributed by atoms with Crippen molar-refractivity contribution in [2.24, 2.45) is 0 Å². The molecule has 0 atom stereocenters.